The number of benzene rings is 1. The number of hydrogen-bond acceptors (Lipinski definition) is 3. The smallest absolute Gasteiger partial charge is 0.151 e. The lowest BCUT2D eigenvalue weighted by atomic mass is 10.2. The molecule has 1 heterocycles. The molecule has 4 heteroatoms. The SMILES string of the molecule is Cc1cc(C=O)cnc1Sc1cccc(F)c1. The lowest BCUT2D eigenvalue weighted by Gasteiger charge is -2.04. The molecule has 0 aliphatic heterocycles. The van der Waals surface area contributed by atoms with Crippen molar-refractivity contribution in [1.29, 1.82) is 0 Å². The summed E-state index contributed by atoms with van der Waals surface area (Å²) in [7, 11) is 0. The molecular formula is C13H10FNOS. The van der Waals surface area contributed by atoms with Gasteiger partial charge < -0.3 is 0 Å². The van der Waals surface area contributed by atoms with Crippen molar-refractivity contribution < 1.29 is 9.18 Å². The van der Waals surface area contributed by atoms with Crippen LogP contribution in [0.3, 0.4) is 0 Å². The molecule has 17 heavy (non-hydrogen) atoms. The highest BCUT2D eigenvalue weighted by Crippen LogP contribution is 2.28. The van der Waals surface area contributed by atoms with Crippen molar-refractivity contribution in [3.63, 3.8) is 0 Å². The van der Waals surface area contributed by atoms with Crippen molar-refractivity contribution in [2.24, 2.45) is 0 Å². The Balaban J connectivity index is 2.27. The number of aryl methyl sites for hydroxylation is 1. The Morgan fingerprint density at radius 3 is 2.82 bits per heavy atom. The summed E-state index contributed by atoms with van der Waals surface area (Å²) < 4.78 is 13.0. The molecule has 0 fully saturated rings. The maximum absolute atomic E-state index is 13.0. The highest BCUT2D eigenvalue weighted by molar-refractivity contribution is 7.99. The van der Waals surface area contributed by atoms with Crippen LogP contribution in [0.1, 0.15) is 15.9 Å². The van der Waals surface area contributed by atoms with Gasteiger partial charge in [-0.25, -0.2) is 9.37 Å². The van der Waals surface area contributed by atoms with E-state index in [-0.39, 0.29) is 5.82 Å². The minimum absolute atomic E-state index is 0.267. The van der Waals surface area contributed by atoms with Crippen LogP contribution in [0.4, 0.5) is 4.39 Å². The van der Waals surface area contributed by atoms with E-state index in [2.05, 4.69) is 4.98 Å². The average Bonchev–Trinajstić information content (AvgIpc) is 2.32. The zero-order valence-electron chi connectivity index (χ0n) is 9.18. The van der Waals surface area contributed by atoms with Crippen LogP contribution in [0.5, 0.6) is 0 Å². The molecule has 0 saturated carbocycles. The van der Waals surface area contributed by atoms with E-state index in [1.807, 2.05) is 13.0 Å². The molecule has 0 bridgehead atoms. The zero-order valence-corrected chi connectivity index (χ0v) is 10.00. The number of nitrogens with zero attached hydrogens (tertiary/aromatic N) is 1. The van der Waals surface area contributed by atoms with E-state index in [4.69, 9.17) is 0 Å². The number of carbonyl (C=O) groups excluding carboxylic acids is 1. The summed E-state index contributed by atoms with van der Waals surface area (Å²) in [5.74, 6) is -0.267. The second kappa shape index (κ2) is 5.10. The van der Waals surface area contributed by atoms with Gasteiger partial charge in [-0.2, -0.15) is 0 Å². The zero-order chi connectivity index (χ0) is 12.3. The van der Waals surface area contributed by atoms with Gasteiger partial charge in [-0.15, -0.1) is 0 Å². The fourth-order valence-electron chi connectivity index (χ4n) is 1.40. The molecule has 0 atom stereocenters. The van der Waals surface area contributed by atoms with Crippen LogP contribution in [0.2, 0.25) is 0 Å². The average molecular weight is 247 g/mol. The predicted octanol–water partition coefficient (Wildman–Crippen LogP) is 3.49. The van der Waals surface area contributed by atoms with E-state index in [1.54, 1.807) is 12.1 Å². The summed E-state index contributed by atoms with van der Waals surface area (Å²) in [6.45, 7) is 1.88. The highest BCUT2D eigenvalue weighted by atomic mass is 32.2. The van der Waals surface area contributed by atoms with Gasteiger partial charge >= 0.3 is 0 Å². The normalized spacial score (nSPS) is 10.2. The molecule has 2 nitrogen and oxygen atoms in total. The molecule has 0 aliphatic carbocycles. The van der Waals surface area contributed by atoms with Gasteiger partial charge in [0.25, 0.3) is 0 Å². The van der Waals surface area contributed by atoms with E-state index in [0.29, 0.717) is 5.56 Å². The molecule has 0 saturated heterocycles. The lowest BCUT2D eigenvalue weighted by Crippen LogP contribution is -1.89. The maximum atomic E-state index is 13.0. The summed E-state index contributed by atoms with van der Waals surface area (Å²) >= 11 is 1.38. The topological polar surface area (TPSA) is 30.0 Å². The summed E-state index contributed by atoms with van der Waals surface area (Å²) in [5, 5.41) is 0.779. The van der Waals surface area contributed by atoms with Crippen molar-refractivity contribution in [2.45, 2.75) is 16.8 Å². The third-order valence-corrected chi connectivity index (χ3v) is 3.31. The summed E-state index contributed by atoms with van der Waals surface area (Å²) in [5.41, 5.74) is 1.45. The van der Waals surface area contributed by atoms with Crippen molar-refractivity contribution in [2.75, 3.05) is 0 Å². The highest BCUT2D eigenvalue weighted by Gasteiger charge is 2.04. The Morgan fingerprint density at radius 2 is 2.18 bits per heavy atom. The molecule has 0 aliphatic rings. The quantitative estimate of drug-likeness (QED) is 0.778. The van der Waals surface area contributed by atoms with Gasteiger partial charge in [0, 0.05) is 16.7 Å². The number of aromatic nitrogens is 1. The van der Waals surface area contributed by atoms with Crippen LogP contribution in [-0.4, -0.2) is 11.3 Å². The van der Waals surface area contributed by atoms with Crippen LogP contribution >= 0.6 is 11.8 Å². The molecule has 1 aromatic carbocycles. The third-order valence-electron chi connectivity index (χ3n) is 2.20. The largest absolute Gasteiger partial charge is 0.298 e. The predicted molar refractivity (Wildman–Crippen MR) is 64.9 cm³/mol. The molecule has 1 aromatic heterocycles. The monoisotopic (exact) mass is 247 g/mol. The second-order valence-electron chi connectivity index (χ2n) is 3.57. The van der Waals surface area contributed by atoms with Gasteiger partial charge in [-0.05, 0) is 36.8 Å². The first-order chi connectivity index (χ1) is 8.19. The van der Waals surface area contributed by atoms with Gasteiger partial charge in [0.2, 0.25) is 0 Å². The van der Waals surface area contributed by atoms with Crippen molar-refractivity contribution in [3.8, 4) is 0 Å². The molecule has 2 aromatic rings. The fourth-order valence-corrected chi connectivity index (χ4v) is 2.26. The molecular weight excluding hydrogens is 237 g/mol. The number of halogens is 1. The van der Waals surface area contributed by atoms with E-state index in [1.165, 1.54) is 30.1 Å². The molecule has 0 radical (unpaired) electrons. The number of carbonyl (C=O) groups is 1. The first-order valence-electron chi connectivity index (χ1n) is 5.04. The fraction of sp³-hybridized carbons (Fsp3) is 0.0769. The summed E-state index contributed by atoms with van der Waals surface area (Å²) in [6.07, 6.45) is 2.28. The first kappa shape index (κ1) is 11.8. The Labute approximate surface area is 103 Å². The Hall–Kier alpha value is -1.68. The summed E-state index contributed by atoms with van der Waals surface area (Å²) in [4.78, 5) is 15.6. The van der Waals surface area contributed by atoms with Crippen LogP contribution in [-0.2, 0) is 0 Å². The third kappa shape index (κ3) is 2.91. The van der Waals surface area contributed by atoms with Crippen molar-refractivity contribution in [3.05, 3.63) is 53.5 Å². The first-order valence-corrected chi connectivity index (χ1v) is 5.86. The number of hydrogen-bond donors (Lipinski definition) is 0. The van der Waals surface area contributed by atoms with Gasteiger partial charge in [0.1, 0.15) is 10.8 Å². The number of aldehydes is 1. The summed E-state index contributed by atoms with van der Waals surface area (Å²) in [6, 6.07) is 8.11. The molecule has 2 rings (SSSR count). The molecule has 0 N–H and O–H groups in total. The minimum Gasteiger partial charge on any atom is -0.298 e. The lowest BCUT2D eigenvalue weighted by molar-refractivity contribution is 0.112. The molecule has 86 valence electrons. The van der Waals surface area contributed by atoms with Gasteiger partial charge in [-0.3, -0.25) is 4.79 Å². The van der Waals surface area contributed by atoms with E-state index >= 15 is 0 Å². The minimum atomic E-state index is -0.267. The number of pyridine rings is 1. The van der Waals surface area contributed by atoms with E-state index < -0.39 is 0 Å². The van der Waals surface area contributed by atoms with E-state index in [9.17, 15) is 9.18 Å². The van der Waals surface area contributed by atoms with Crippen LogP contribution < -0.4 is 0 Å². The second-order valence-corrected chi connectivity index (χ2v) is 4.63. The van der Waals surface area contributed by atoms with Crippen LogP contribution in [0, 0.1) is 12.7 Å². The van der Waals surface area contributed by atoms with Crippen molar-refractivity contribution in [1.82, 2.24) is 4.98 Å². The Morgan fingerprint density at radius 1 is 1.35 bits per heavy atom. The Kier molecular flexibility index (Phi) is 3.54. The van der Waals surface area contributed by atoms with Crippen molar-refractivity contribution >= 4 is 18.0 Å². The molecule has 0 unspecified atom stereocenters. The maximum Gasteiger partial charge on any atom is 0.151 e. The Bertz CT molecular complexity index is 557. The molecule has 0 spiro atoms. The van der Waals surface area contributed by atoms with E-state index in [0.717, 1.165) is 21.8 Å². The molecule has 0 amide bonds. The number of rotatable bonds is 3. The standard InChI is InChI=1S/C13H10FNOS/c1-9-5-10(8-16)7-15-13(9)17-12-4-2-3-11(14)6-12/h2-8H,1H3. The van der Waals surface area contributed by atoms with Gasteiger partial charge in [0.15, 0.2) is 6.29 Å². The van der Waals surface area contributed by atoms with Crippen LogP contribution in [0.25, 0.3) is 0 Å². The van der Waals surface area contributed by atoms with Gasteiger partial charge in [-0.1, -0.05) is 17.8 Å². The van der Waals surface area contributed by atoms with Gasteiger partial charge in [0.05, 0.1) is 0 Å². The van der Waals surface area contributed by atoms with Crippen LogP contribution in [0.15, 0.2) is 46.5 Å².